The van der Waals surface area contributed by atoms with Gasteiger partial charge in [-0.3, -0.25) is 19.2 Å². The summed E-state index contributed by atoms with van der Waals surface area (Å²) in [5, 5.41) is 23.6. The molecule has 1 spiro atoms. The Bertz CT molecular complexity index is 1460. The van der Waals surface area contributed by atoms with Gasteiger partial charge in [-0.1, -0.05) is 34.6 Å². The van der Waals surface area contributed by atoms with Crippen LogP contribution in [-0.2, 0) is 42.9 Å². The van der Waals surface area contributed by atoms with Crippen molar-refractivity contribution in [1.82, 2.24) is 0 Å². The van der Waals surface area contributed by atoms with E-state index in [1.807, 2.05) is 26.8 Å². The van der Waals surface area contributed by atoms with Crippen molar-refractivity contribution in [2.75, 3.05) is 7.11 Å². The Kier molecular flexibility index (Phi) is 7.77. The predicted octanol–water partition coefficient (Wildman–Crippen LogP) is 3.31. The number of methoxy groups -OCH3 is 1. The fourth-order valence-electron chi connectivity index (χ4n) is 11.4. The number of rotatable bonds is 6. The number of carbonyl (C=O) groups is 4. The minimum Gasteiger partial charge on any atom is -0.472 e. The first-order valence-corrected chi connectivity index (χ1v) is 16.6. The van der Waals surface area contributed by atoms with Gasteiger partial charge in [0.05, 0.1) is 49.3 Å². The van der Waals surface area contributed by atoms with Crippen LogP contribution in [0.25, 0.3) is 0 Å². The highest BCUT2D eigenvalue weighted by Crippen LogP contribution is 2.83. The van der Waals surface area contributed by atoms with E-state index >= 15 is 0 Å². The summed E-state index contributed by atoms with van der Waals surface area (Å²) in [6, 6.07) is 1.86. The molecule has 260 valence electrons. The normalized spacial score (nSPS) is 47.9. The van der Waals surface area contributed by atoms with E-state index in [2.05, 4.69) is 0 Å². The molecule has 2 N–H and O–H groups in total. The third-order valence-electron chi connectivity index (χ3n) is 13.4. The Hall–Kier alpha value is -2.96. The third-order valence-corrected chi connectivity index (χ3v) is 13.4. The molecule has 1 aliphatic heterocycles. The summed E-state index contributed by atoms with van der Waals surface area (Å²) in [4.78, 5) is 53.3. The number of carbonyl (C=O) groups excluding carboxylic acids is 4. The monoisotopic (exact) mass is 660 g/mol. The molecule has 14 atom stereocenters. The van der Waals surface area contributed by atoms with Gasteiger partial charge in [-0.25, -0.2) is 0 Å². The van der Waals surface area contributed by atoms with Gasteiger partial charge in [-0.15, -0.1) is 0 Å². The summed E-state index contributed by atoms with van der Waals surface area (Å²) in [5.74, 6) is -4.93. The number of aliphatic hydroxyl groups excluding tert-OH is 2. The molecular formula is C35H48O12. The fraction of sp³-hybridized carbons (Fsp3) is 0.771. The van der Waals surface area contributed by atoms with Gasteiger partial charge in [-0.05, 0) is 37.3 Å². The molecule has 5 fully saturated rings. The smallest absolute Gasteiger partial charge is 0.314 e. The van der Waals surface area contributed by atoms with E-state index in [4.69, 9.17) is 28.1 Å². The lowest BCUT2D eigenvalue weighted by molar-refractivity contribution is -0.330. The van der Waals surface area contributed by atoms with Crippen LogP contribution in [0.15, 0.2) is 23.0 Å². The zero-order chi connectivity index (χ0) is 34.6. The van der Waals surface area contributed by atoms with Gasteiger partial charge in [-0.2, -0.15) is 0 Å². The topological polar surface area (TPSA) is 171 Å². The molecule has 4 saturated carbocycles. The van der Waals surface area contributed by atoms with Crippen molar-refractivity contribution in [2.45, 2.75) is 123 Å². The van der Waals surface area contributed by atoms with E-state index in [-0.39, 0.29) is 24.9 Å². The van der Waals surface area contributed by atoms with Crippen LogP contribution in [0.3, 0.4) is 0 Å². The predicted molar refractivity (Wildman–Crippen MR) is 162 cm³/mol. The van der Waals surface area contributed by atoms with Gasteiger partial charge in [0.2, 0.25) is 0 Å². The lowest BCUT2D eigenvalue weighted by Gasteiger charge is -2.72. The lowest BCUT2D eigenvalue weighted by Crippen LogP contribution is -2.80. The van der Waals surface area contributed by atoms with Crippen molar-refractivity contribution in [1.29, 1.82) is 0 Å². The second-order valence-corrected chi connectivity index (χ2v) is 15.6. The number of epoxide rings is 1. The number of hydrogen-bond donors (Lipinski definition) is 2. The summed E-state index contributed by atoms with van der Waals surface area (Å²) in [5.41, 5.74) is -5.22. The molecule has 0 aromatic carbocycles. The number of furan rings is 1. The standard InChI is InChI=1S/C35H48O12/c1-16(2)29(40)46-26-27-31(5)21(32(6,30(41)42-9)23(39)14-22(31)38)13-24(44-17(3)36)34(27,8)35-25(47-35)12-20(19-10-11-43-15-19)33(35,7)28(26)45-18(4)37/h10-11,15-16,20-28,38-39H,12-14H2,1-9H3/t20-,21+,22-,23+,24+,25-,26+,27?,28-,31+,32-,33+,34+,35-/m0/s1. The highest BCUT2D eigenvalue weighted by atomic mass is 16.6. The molecule has 1 saturated heterocycles. The van der Waals surface area contributed by atoms with E-state index in [1.165, 1.54) is 21.0 Å². The van der Waals surface area contributed by atoms with Crippen molar-refractivity contribution in [3.8, 4) is 0 Å². The molecule has 0 radical (unpaired) electrons. The fourth-order valence-corrected chi connectivity index (χ4v) is 11.4. The van der Waals surface area contributed by atoms with Gasteiger partial charge in [0.1, 0.15) is 23.9 Å². The van der Waals surface area contributed by atoms with Crippen LogP contribution in [0.5, 0.6) is 0 Å². The molecule has 47 heavy (non-hydrogen) atoms. The molecule has 4 aliphatic carbocycles. The van der Waals surface area contributed by atoms with Crippen LogP contribution >= 0.6 is 0 Å². The second-order valence-electron chi connectivity index (χ2n) is 15.6. The number of aliphatic hydroxyl groups is 2. The Morgan fingerprint density at radius 3 is 2.13 bits per heavy atom. The molecular weight excluding hydrogens is 612 g/mol. The van der Waals surface area contributed by atoms with E-state index in [1.54, 1.807) is 33.3 Å². The first-order valence-electron chi connectivity index (χ1n) is 16.6. The summed E-state index contributed by atoms with van der Waals surface area (Å²) in [7, 11) is 1.24. The van der Waals surface area contributed by atoms with E-state index < -0.39 is 99.4 Å². The Morgan fingerprint density at radius 1 is 0.915 bits per heavy atom. The Balaban J connectivity index is 1.68. The molecule has 5 aliphatic rings. The first-order chi connectivity index (χ1) is 21.9. The second kappa shape index (κ2) is 10.8. The molecule has 0 amide bonds. The Labute approximate surface area is 274 Å². The average molecular weight is 661 g/mol. The van der Waals surface area contributed by atoms with Crippen molar-refractivity contribution in [3.05, 3.63) is 24.2 Å². The number of ether oxygens (including phenoxy) is 5. The summed E-state index contributed by atoms with van der Waals surface area (Å²) >= 11 is 0. The van der Waals surface area contributed by atoms with Gasteiger partial charge < -0.3 is 38.3 Å². The molecule has 6 rings (SSSR count). The average Bonchev–Trinajstić information content (AvgIpc) is 3.35. The number of esters is 4. The first kappa shape index (κ1) is 33.9. The van der Waals surface area contributed by atoms with Crippen molar-refractivity contribution < 1.29 is 57.5 Å². The molecule has 1 aromatic heterocycles. The quantitative estimate of drug-likeness (QED) is 0.260. The van der Waals surface area contributed by atoms with Crippen LogP contribution < -0.4 is 0 Å². The van der Waals surface area contributed by atoms with Gasteiger partial charge in [0.25, 0.3) is 0 Å². The molecule has 2 heterocycles. The minimum absolute atomic E-state index is 0.0795. The zero-order valence-electron chi connectivity index (χ0n) is 28.6. The zero-order valence-corrected chi connectivity index (χ0v) is 28.6. The number of hydrogen-bond acceptors (Lipinski definition) is 12. The highest BCUT2D eigenvalue weighted by Gasteiger charge is 2.92. The van der Waals surface area contributed by atoms with E-state index in [0.717, 1.165) is 5.56 Å². The van der Waals surface area contributed by atoms with Crippen molar-refractivity contribution in [3.63, 3.8) is 0 Å². The Morgan fingerprint density at radius 2 is 1.57 bits per heavy atom. The maximum atomic E-state index is 13.7. The van der Waals surface area contributed by atoms with Crippen LogP contribution in [0.2, 0.25) is 0 Å². The van der Waals surface area contributed by atoms with Crippen LogP contribution in [0, 0.1) is 39.4 Å². The van der Waals surface area contributed by atoms with Crippen LogP contribution in [0.1, 0.15) is 86.1 Å². The summed E-state index contributed by atoms with van der Waals surface area (Å²) in [6.45, 7) is 13.4. The third kappa shape index (κ3) is 4.10. The highest BCUT2D eigenvalue weighted by molar-refractivity contribution is 5.78. The van der Waals surface area contributed by atoms with Crippen molar-refractivity contribution in [2.24, 2.45) is 39.4 Å². The van der Waals surface area contributed by atoms with Crippen LogP contribution in [0.4, 0.5) is 0 Å². The van der Waals surface area contributed by atoms with Gasteiger partial charge in [0, 0.05) is 48.3 Å². The molecule has 0 bridgehead atoms. The van der Waals surface area contributed by atoms with Gasteiger partial charge >= 0.3 is 23.9 Å². The lowest BCUT2D eigenvalue weighted by atomic mass is 9.33. The summed E-state index contributed by atoms with van der Waals surface area (Å²) in [6.07, 6.45) is -2.37. The molecule has 1 unspecified atom stereocenters. The maximum Gasteiger partial charge on any atom is 0.314 e. The van der Waals surface area contributed by atoms with E-state index in [0.29, 0.717) is 6.42 Å². The van der Waals surface area contributed by atoms with E-state index in [9.17, 15) is 29.4 Å². The number of fused-ring (bicyclic) bond motifs is 3. The van der Waals surface area contributed by atoms with Gasteiger partial charge in [0.15, 0.2) is 0 Å². The molecule has 12 heteroatoms. The molecule has 1 aromatic rings. The summed E-state index contributed by atoms with van der Waals surface area (Å²) < 4.78 is 36.5. The largest absolute Gasteiger partial charge is 0.472 e. The minimum atomic E-state index is -1.54. The van der Waals surface area contributed by atoms with Crippen molar-refractivity contribution >= 4 is 23.9 Å². The maximum absolute atomic E-state index is 13.7. The van der Waals surface area contributed by atoms with Crippen LogP contribution in [-0.4, -0.2) is 83.4 Å². The molecule has 12 nitrogen and oxygen atoms in total. The SMILES string of the molecule is COC(=O)[C@]1(C)[C@H](O)C[C@H](O)[C@]2(C)C3[C@@H](OC(=O)C(C)C)[C@H](OC(C)=O)[C@@]4(C)[C@H](c5ccoc5)C[C@@H]5O[C@@]54[C@]3(C)[C@H](OC(C)=O)C[C@@H]12.